The van der Waals surface area contributed by atoms with Gasteiger partial charge < -0.3 is 5.32 Å². The Labute approximate surface area is 191 Å². The first kappa shape index (κ1) is 21.2. The smallest absolute Gasteiger partial charge is 0.319 e. The fourth-order valence-corrected chi connectivity index (χ4v) is 4.75. The van der Waals surface area contributed by atoms with E-state index in [0.717, 1.165) is 9.37 Å². The number of imide groups is 1. The lowest BCUT2D eigenvalue weighted by Gasteiger charge is -2.22. The zero-order chi connectivity index (χ0) is 22.2. The standard InChI is InChI=1S/C22H19BrN4O3S/c1-14(28)27(18-9-4-3-5-10-18)21-24-17(13-31-21)12-26-19(29)22(2,25-20(26)30)15-7-6-8-16(23)11-15/h3-11,13H,12H2,1-2H3,(H,25,30). The van der Waals surface area contributed by atoms with Crippen molar-refractivity contribution in [2.24, 2.45) is 0 Å². The summed E-state index contributed by atoms with van der Waals surface area (Å²) in [4.78, 5) is 45.2. The Balaban J connectivity index is 1.58. The number of para-hydroxylation sites is 1. The Morgan fingerprint density at radius 3 is 2.61 bits per heavy atom. The molecule has 1 atom stereocenters. The first-order valence-corrected chi connectivity index (χ1v) is 11.2. The van der Waals surface area contributed by atoms with Crippen molar-refractivity contribution in [1.82, 2.24) is 15.2 Å². The van der Waals surface area contributed by atoms with E-state index in [-0.39, 0.29) is 18.4 Å². The highest BCUT2D eigenvalue weighted by atomic mass is 79.9. The number of aromatic nitrogens is 1. The van der Waals surface area contributed by atoms with Gasteiger partial charge in [0.2, 0.25) is 5.91 Å². The summed E-state index contributed by atoms with van der Waals surface area (Å²) in [6.07, 6.45) is 0. The molecule has 2 aromatic carbocycles. The summed E-state index contributed by atoms with van der Waals surface area (Å²) in [5, 5.41) is 5.03. The molecule has 4 amide bonds. The number of nitrogens with one attached hydrogen (secondary N) is 1. The molecule has 1 aromatic heterocycles. The van der Waals surface area contributed by atoms with E-state index in [9.17, 15) is 14.4 Å². The molecule has 9 heteroatoms. The fraction of sp³-hybridized carbons (Fsp3) is 0.182. The third-order valence-electron chi connectivity index (χ3n) is 5.06. The highest BCUT2D eigenvalue weighted by Crippen LogP contribution is 2.33. The average molecular weight is 499 g/mol. The van der Waals surface area contributed by atoms with Crippen LogP contribution in [-0.4, -0.2) is 27.7 Å². The lowest BCUT2D eigenvalue weighted by Crippen LogP contribution is -2.40. The van der Waals surface area contributed by atoms with Crippen LogP contribution in [0.3, 0.4) is 0 Å². The maximum atomic E-state index is 13.2. The predicted molar refractivity (Wildman–Crippen MR) is 122 cm³/mol. The van der Waals surface area contributed by atoms with Gasteiger partial charge in [-0.1, -0.05) is 46.3 Å². The van der Waals surface area contributed by atoms with Crippen molar-refractivity contribution in [3.63, 3.8) is 0 Å². The van der Waals surface area contributed by atoms with Crippen molar-refractivity contribution in [2.75, 3.05) is 4.90 Å². The molecule has 158 valence electrons. The Hall–Kier alpha value is -3.04. The molecule has 1 N–H and O–H groups in total. The quantitative estimate of drug-likeness (QED) is 0.522. The molecular weight excluding hydrogens is 480 g/mol. The Morgan fingerprint density at radius 1 is 1.19 bits per heavy atom. The lowest BCUT2D eigenvalue weighted by molar-refractivity contribution is -0.131. The van der Waals surface area contributed by atoms with Gasteiger partial charge in [-0.05, 0) is 36.8 Å². The van der Waals surface area contributed by atoms with Gasteiger partial charge in [-0.3, -0.25) is 19.4 Å². The van der Waals surface area contributed by atoms with Gasteiger partial charge in [-0.15, -0.1) is 11.3 Å². The second-order valence-corrected chi connectivity index (χ2v) is 9.02. The molecule has 1 fully saturated rings. The molecule has 31 heavy (non-hydrogen) atoms. The van der Waals surface area contributed by atoms with Crippen LogP contribution in [0.2, 0.25) is 0 Å². The molecule has 0 radical (unpaired) electrons. The summed E-state index contributed by atoms with van der Waals surface area (Å²) in [5.41, 5.74) is 0.764. The van der Waals surface area contributed by atoms with Crippen LogP contribution in [-0.2, 0) is 21.7 Å². The second kappa shape index (κ2) is 8.24. The zero-order valence-corrected chi connectivity index (χ0v) is 19.2. The summed E-state index contributed by atoms with van der Waals surface area (Å²) >= 11 is 4.69. The highest BCUT2D eigenvalue weighted by Gasteiger charge is 2.49. The van der Waals surface area contributed by atoms with Crippen molar-refractivity contribution >= 4 is 55.9 Å². The molecule has 0 spiro atoms. The molecule has 3 aromatic rings. The molecule has 7 nitrogen and oxygen atoms in total. The van der Waals surface area contributed by atoms with Gasteiger partial charge in [-0.2, -0.15) is 0 Å². The highest BCUT2D eigenvalue weighted by molar-refractivity contribution is 9.10. The summed E-state index contributed by atoms with van der Waals surface area (Å²) in [7, 11) is 0. The van der Waals surface area contributed by atoms with Gasteiger partial charge >= 0.3 is 6.03 Å². The number of hydrogen-bond donors (Lipinski definition) is 1. The van der Waals surface area contributed by atoms with Gasteiger partial charge in [0, 0.05) is 16.8 Å². The van der Waals surface area contributed by atoms with E-state index in [2.05, 4.69) is 26.2 Å². The molecule has 0 bridgehead atoms. The third-order valence-corrected chi connectivity index (χ3v) is 6.43. The van der Waals surface area contributed by atoms with Gasteiger partial charge in [0.25, 0.3) is 5.91 Å². The molecule has 1 aliphatic heterocycles. The number of thiazole rings is 1. The minimum Gasteiger partial charge on any atom is -0.319 e. The third kappa shape index (κ3) is 3.98. The van der Waals surface area contributed by atoms with Crippen molar-refractivity contribution in [2.45, 2.75) is 25.9 Å². The Morgan fingerprint density at radius 2 is 1.94 bits per heavy atom. The maximum Gasteiger partial charge on any atom is 0.325 e. The van der Waals surface area contributed by atoms with E-state index in [0.29, 0.717) is 22.1 Å². The van der Waals surface area contributed by atoms with E-state index >= 15 is 0 Å². The normalized spacial score (nSPS) is 18.2. The average Bonchev–Trinajstić information content (AvgIpc) is 3.27. The molecule has 1 saturated heterocycles. The summed E-state index contributed by atoms with van der Waals surface area (Å²) in [6.45, 7) is 3.18. The molecule has 1 unspecified atom stereocenters. The number of nitrogens with zero attached hydrogens (tertiary/aromatic N) is 3. The lowest BCUT2D eigenvalue weighted by atomic mass is 9.92. The van der Waals surface area contributed by atoms with E-state index in [1.54, 1.807) is 18.4 Å². The Kier molecular flexibility index (Phi) is 5.63. The molecule has 4 rings (SSSR count). The van der Waals surface area contributed by atoms with Crippen LogP contribution in [0.4, 0.5) is 15.6 Å². The predicted octanol–water partition coefficient (Wildman–Crippen LogP) is 4.56. The van der Waals surface area contributed by atoms with Crippen LogP contribution in [0, 0.1) is 0 Å². The van der Waals surface area contributed by atoms with Crippen LogP contribution in [0.15, 0.2) is 64.5 Å². The second-order valence-electron chi connectivity index (χ2n) is 7.27. The van der Waals surface area contributed by atoms with Crippen LogP contribution >= 0.6 is 27.3 Å². The van der Waals surface area contributed by atoms with Crippen LogP contribution in [0.25, 0.3) is 0 Å². The number of carbonyl (C=O) groups is 3. The summed E-state index contributed by atoms with van der Waals surface area (Å²) in [5.74, 6) is -0.527. The van der Waals surface area contributed by atoms with Gasteiger partial charge in [0.15, 0.2) is 5.13 Å². The van der Waals surface area contributed by atoms with Crippen LogP contribution < -0.4 is 10.2 Å². The first-order chi connectivity index (χ1) is 14.8. The molecule has 1 aliphatic rings. The summed E-state index contributed by atoms with van der Waals surface area (Å²) < 4.78 is 0.820. The number of rotatable bonds is 5. The van der Waals surface area contributed by atoms with Gasteiger partial charge in [0.05, 0.1) is 17.9 Å². The summed E-state index contributed by atoms with van der Waals surface area (Å²) in [6, 6.07) is 16.0. The first-order valence-electron chi connectivity index (χ1n) is 9.50. The number of hydrogen-bond acceptors (Lipinski definition) is 5. The Bertz CT molecular complexity index is 1170. The molecule has 0 aliphatic carbocycles. The van der Waals surface area contributed by atoms with Crippen LogP contribution in [0.1, 0.15) is 25.1 Å². The minimum atomic E-state index is -1.16. The van der Waals surface area contributed by atoms with Crippen molar-refractivity contribution < 1.29 is 14.4 Å². The van der Waals surface area contributed by atoms with E-state index in [1.807, 2.05) is 48.5 Å². The number of anilines is 2. The number of urea groups is 1. The molecule has 2 heterocycles. The maximum absolute atomic E-state index is 13.2. The van der Waals surface area contributed by atoms with E-state index < -0.39 is 11.6 Å². The number of benzene rings is 2. The fourth-order valence-electron chi connectivity index (χ4n) is 3.47. The monoisotopic (exact) mass is 498 g/mol. The van der Waals surface area contributed by atoms with Gasteiger partial charge in [0.1, 0.15) is 5.54 Å². The van der Waals surface area contributed by atoms with E-state index in [4.69, 9.17) is 0 Å². The number of carbonyl (C=O) groups excluding carboxylic acids is 3. The van der Waals surface area contributed by atoms with Crippen LogP contribution in [0.5, 0.6) is 0 Å². The number of halogens is 1. The number of amides is 4. The van der Waals surface area contributed by atoms with Gasteiger partial charge in [-0.25, -0.2) is 9.78 Å². The van der Waals surface area contributed by atoms with Crippen molar-refractivity contribution in [3.8, 4) is 0 Å². The molecular formula is C22H19BrN4O3S. The zero-order valence-electron chi connectivity index (χ0n) is 16.8. The topological polar surface area (TPSA) is 82.6 Å². The largest absolute Gasteiger partial charge is 0.325 e. The van der Waals surface area contributed by atoms with Crippen molar-refractivity contribution in [3.05, 3.63) is 75.7 Å². The van der Waals surface area contributed by atoms with Crippen molar-refractivity contribution in [1.29, 1.82) is 0 Å². The van der Waals surface area contributed by atoms with E-state index in [1.165, 1.54) is 23.2 Å². The minimum absolute atomic E-state index is 0.0191. The SMILES string of the molecule is CC(=O)N(c1ccccc1)c1nc(CN2C(=O)NC(C)(c3cccc(Br)c3)C2=O)cs1. The molecule has 0 saturated carbocycles.